The largest absolute Gasteiger partial charge is 0.508 e. The molecule has 1 aliphatic carbocycles. The van der Waals surface area contributed by atoms with E-state index in [0.29, 0.717) is 11.7 Å². The monoisotopic (exact) mass is 218 g/mol. The summed E-state index contributed by atoms with van der Waals surface area (Å²) in [5.74, 6) is 1.03. The van der Waals surface area contributed by atoms with E-state index in [2.05, 4.69) is 10.6 Å². The Hall–Kier alpha value is -1.22. The number of benzene rings is 1. The van der Waals surface area contributed by atoms with Gasteiger partial charge in [0.15, 0.2) is 0 Å². The van der Waals surface area contributed by atoms with Crippen LogP contribution in [0.3, 0.4) is 0 Å². The van der Waals surface area contributed by atoms with Gasteiger partial charge in [0.1, 0.15) is 5.75 Å². The Bertz CT molecular complexity index is 388. The van der Waals surface area contributed by atoms with Gasteiger partial charge in [-0.25, -0.2) is 0 Å². The molecule has 1 unspecified atom stereocenters. The smallest absolute Gasteiger partial charge is 0.117 e. The molecule has 1 saturated carbocycles. The maximum atomic E-state index is 9.39. The van der Waals surface area contributed by atoms with Crippen LogP contribution in [0.1, 0.15) is 18.4 Å². The second-order valence-corrected chi connectivity index (χ2v) is 4.98. The minimum atomic E-state index is 0.348. The molecule has 1 aromatic rings. The van der Waals surface area contributed by atoms with Crippen LogP contribution in [0.4, 0.5) is 5.69 Å². The first-order chi connectivity index (χ1) is 7.81. The molecular formula is C13H18N2O. The Morgan fingerprint density at radius 3 is 3.06 bits per heavy atom. The zero-order valence-corrected chi connectivity index (χ0v) is 9.37. The summed E-state index contributed by atoms with van der Waals surface area (Å²) in [6.45, 7) is 2.12. The van der Waals surface area contributed by atoms with Crippen molar-refractivity contribution >= 4 is 5.69 Å². The normalized spacial score (nSPS) is 23.6. The van der Waals surface area contributed by atoms with Gasteiger partial charge in [-0.2, -0.15) is 0 Å². The molecule has 3 nitrogen and oxygen atoms in total. The SMILES string of the molecule is Oc1ccc2c(c1)NCC(CNC1CC1)C2. The summed E-state index contributed by atoms with van der Waals surface area (Å²) < 4.78 is 0. The lowest BCUT2D eigenvalue weighted by molar-refractivity contribution is 0.468. The van der Waals surface area contributed by atoms with Crippen molar-refractivity contribution in [3.05, 3.63) is 23.8 Å². The van der Waals surface area contributed by atoms with E-state index in [1.54, 1.807) is 6.07 Å². The number of aromatic hydroxyl groups is 1. The zero-order chi connectivity index (χ0) is 11.0. The van der Waals surface area contributed by atoms with Gasteiger partial charge < -0.3 is 15.7 Å². The van der Waals surface area contributed by atoms with Crippen molar-refractivity contribution in [3.8, 4) is 5.75 Å². The third-order valence-corrected chi connectivity index (χ3v) is 3.46. The molecule has 0 saturated heterocycles. The van der Waals surface area contributed by atoms with Crippen molar-refractivity contribution in [1.82, 2.24) is 5.32 Å². The number of phenols is 1. The van der Waals surface area contributed by atoms with E-state index in [9.17, 15) is 5.11 Å². The van der Waals surface area contributed by atoms with Crippen LogP contribution in [-0.2, 0) is 6.42 Å². The van der Waals surface area contributed by atoms with E-state index in [-0.39, 0.29) is 0 Å². The second kappa shape index (κ2) is 3.98. The maximum absolute atomic E-state index is 9.39. The summed E-state index contributed by atoms with van der Waals surface area (Å²) in [6.07, 6.45) is 3.82. The standard InChI is InChI=1S/C13H18N2O/c16-12-4-1-10-5-9(7-14-11-2-3-11)8-15-13(10)6-12/h1,4,6,9,11,14-16H,2-3,5,7-8H2. The van der Waals surface area contributed by atoms with E-state index in [0.717, 1.165) is 31.2 Å². The summed E-state index contributed by atoms with van der Waals surface area (Å²) in [5.41, 5.74) is 2.43. The number of nitrogens with one attached hydrogen (secondary N) is 2. The van der Waals surface area contributed by atoms with Gasteiger partial charge in [0, 0.05) is 30.9 Å². The van der Waals surface area contributed by atoms with E-state index in [4.69, 9.17) is 0 Å². The van der Waals surface area contributed by atoms with E-state index >= 15 is 0 Å². The molecule has 1 fully saturated rings. The summed E-state index contributed by atoms with van der Waals surface area (Å²) in [5, 5.41) is 16.4. The minimum Gasteiger partial charge on any atom is -0.508 e. The lowest BCUT2D eigenvalue weighted by Crippen LogP contribution is -2.33. The molecule has 1 aliphatic heterocycles. The first kappa shape index (κ1) is 9.97. The van der Waals surface area contributed by atoms with E-state index in [1.807, 2.05) is 12.1 Å². The molecule has 2 aliphatic rings. The topological polar surface area (TPSA) is 44.3 Å². The highest BCUT2D eigenvalue weighted by Crippen LogP contribution is 2.28. The van der Waals surface area contributed by atoms with Gasteiger partial charge in [-0.05, 0) is 36.8 Å². The maximum Gasteiger partial charge on any atom is 0.117 e. The Labute approximate surface area is 95.9 Å². The van der Waals surface area contributed by atoms with Crippen LogP contribution < -0.4 is 10.6 Å². The highest BCUT2D eigenvalue weighted by Gasteiger charge is 2.23. The quantitative estimate of drug-likeness (QED) is 0.724. The fourth-order valence-electron chi connectivity index (χ4n) is 2.31. The third-order valence-electron chi connectivity index (χ3n) is 3.46. The Kier molecular flexibility index (Phi) is 2.48. The molecule has 0 amide bonds. The van der Waals surface area contributed by atoms with Gasteiger partial charge in [-0.15, -0.1) is 0 Å². The van der Waals surface area contributed by atoms with Gasteiger partial charge in [0.2, 0.25) is 0 Å². The lowest BCUT2D eigenvalue weighted by atomic mass is 9.94. The fourth-order valence-corrected chi connectivity index (χ4v) is 2.31. The van der Waals surface area contributed by atoms with Crippen LogP contribution in [0, 0.1) is 5.92 Å². The average Bonchev–Trinajstić information content (AvgIpc) is 3.10. The zero-order valence-electron chi connectivity index (χ0n) is 9.37. The van der Waals surface area contributed by atoms with Crippen LogP contribution in [0.15, 0.2) is 18.2 Å². The van der Waals surface area contributed by atoms with E-state index < -0.39 is 0 Å². The van der Waals surface area contributed by atoms with Crippen molar-refractivity contribution in [2.75, 3.05) is 18.4 Å². The predicted molar refractivity (Wildman–Crippen MR) is 64.8 cm³/mol. The molecule has 0 spiro atoms. The molecule has 0 bridgehead atoms. The third kappa shape index (κ3) is 2.14. The van der Waals surface area contributed by atoms with Gasteiger partial charge in [-0.3, -0.25) is 0 Å². The van der Waals surface area contributed by atoms with Crippen LogP contribution in [0.2, 0.25) is 0 Å². The summed E-state index contributed by atoms with van der Waals surface area (Å²) in [7, 11) is 0. The van der Waals surface area contributed by atoms with E-state index in [1.165, 1.54) is 18.4 Å². The average molecular weight is 218 g/mol. The van der Waals surface area contributed by atoms with Crippen LogP contribution >= 0.6 is 0 Å². The van der Waals surface area contributed by atoms with Crippen molar-refractivity contribution < 1.29 is 5.11 Å². The van der Waals surface area contributed by atoms with Crippen molar-refractivity contribution in [3.63, 3.8) is 0 Å². The Morgan fingerprint density at radius 2 is 2.25 bits per heavy atom. The summed E-state index contributed by atoms with van der Waals surface area (Å²) in [6, 6.07) is 6.42. The van der Waals surface area contributed by atoms with Crippen molar-refractivity contribution in [2.45, 2.75) is 25.3 Å². The molecule has 0 radical (unpaired) electrons. The van der Waals surface area contributed by atoms with Gasteiger partial charge in [-0.1, -0.05) is 6.07 Å². The fraction of sp³-hybridized carbons (Fsp3) is 0.538. The highest BCUT2D eigenvalue weighted by atomic mass is 16.3. The lowest BCUT2D eigenvalue weighted by Gasteiger charge is -2.26. The number of phenolic OH excluding ortho intramolecular Hbond substituents is 1. The Morgan fingerprint density at radius 1 is 1.38 bits per heavy atom. The number of hydrogen-bond donors (Lipinski definition) is 3. The molecule has 3 rings (SSSR count). The molecule has 1 heterocycles. The number of rotatable bonds is 3. The molecule has 1 aromatic carbocycles. The number of fused-ring (bicyclic) bond motifs is 1. The molecule has 3 N–H and O–H groups in total. The molecular weight excluding hydrogens is 200 g/mol. The number of anilines is 1. The molecule has 86 valence electrons. The molecule has 1 atom stereocenters. The minimum absolute atomic E-state index is 0.348. The van der Waals surface area contributed by atoms with Crippen LogP contribution in [0.5, 0.6) is 5.75 Å². The van der Waals surface area contributed by atoms with Crippen molar-refractivity contribution in [1.29, 1.82) is 0 Å². The molecule has 0 aromatic heterocycles. The Balaban J connectivity index is 1.63. The second-order valence-electron chi connectivity index (χ2n) is 4.98. The van der Waals surface area contributed by atoms with Gasteiger partial charge >= 0.3 is 0 Å². The molecule has 16 heavy (non-hydrogen) atoms. The molecule has 3 heteroatoms. The van der Waals surface area contributed by atoms with Gasteiger partial charge in [0.05, 0.1) is 0 Å². The number of hydrogen-bond acceptors (Lipinski definition) is 3. The first-order valence-corrected chi connectivity index (χ1v) is 6.10. The highest BCUT2D eigenvalue weighted by molar-refractivity contribution is 5.56. The van der Waals surface area contributed by atoms with Crippen molar-refractivity contribution in [2.24, 2.45) is 5.92 Å². The summed E-state index contributed by atoms with van der Waals surface area (Å²) in [4.78, 5) is 0. The van der Waals surface area contributed by atoms with Crippen LogP contribution in [-0.4, -0.2) is 24.2 Å². The van der Waals surface area contributed by atoms with Crippen LogP contribution in [0.25, 0.3) is 0 Å². The van der Waals surface area contributed by atoms with Gasteiger partial charge in [0.25, 0.3) is 0 Å². The summed E-state index contributed by atoms with van der Waals surface area (Å²) >= 11 is 0. The predicted octanol–water partition coefficient (Wildman–Crippen LogP) is 1.73. The first-order valence-electron chi connectivity index (χ1n) is 6.10.